The van der Waals surface area contributed by atoms with Crippen molar-refractivity contribution in [3.05, 3.63) is 112 Å². The van der Waals surface area contributed by atoms with Gasteiger partial charge in [-0.1, -0.05) is 37.2 Å². The zero-order valence-electron chi connectivity index (χ0n) is 21.1. The molecular formula is C30H27N5O2S. The third kappa shape index (κ3) is 5.92. The van der Waals surface area contributed by atoms with Gasteiger partial charge in [-0.2, -0.15) is 0 Å². The number of nitrogens with one attached hydrogen (secondary N) is 3. The fraction of sp³-hybridized carbons (Fsp3) is 0.133. The molecule has 190 valence electrons. The van der Waals surface area contributed by atoms with Crippen molar-refractivity contribution in [1.82, 2.24) is 15.0 Å². The summed E-state index contributed by atoms with van der Waals surface area (Å²) in [7, 11) is 0. The Morgan fingerprint density at radius 2 is 1.89 bits per heavy atom. The Hall–Kier alpha value is -4.43. The van der Waals surface area contributed by atoms with Gasteiger partial charge in [0.25, 0.3) is 5.91 Å². The summed E-state index contributed by atoms with van der Waals surface area (Å²) in [6.45, 7) is 4.21. The standard InChI is InChI=1S/C30H27N5O2S/c1-3-5-21-10-11-24-25(14-15-31-29(24)33-21)35-26-16-19(2)8-12-27(26)38-23-7-4-6-22(17-23)34-30(37)20-9-13-28(36)32-18-20/h4,6-18H,3,5H2,1-2H3,(H,32,36)(H,34,37)(H,31,33,35). The minimum absolute atomic E-state index is 0.250. The minimum Gasteiger partial charge on any atom is -0.354 e. The number of aromatic nitrogens is 3. The molecule has 0 saturated carbocycles. The van der Waals surface area contributed by atoms with E-state index in [1.165, 1.54) is 18.3 Å². The van der Waals surface area contributed by atoms with Crippen LogP contribution in [0.1, 0.15) is 35.0 Å². The van der Waals surface area contributed by atoms with Gasteiger partial charge in [0.2, 0.25) is 5.56 Å². The maximum absolute atomic E-state index is 12.6. The Labute approximate surface area is 224 Å². The lowest BCUT2D eigenvalue weighted by Gasteiger charge is -2.15. The number of nitrogens with zero attached hydrogens (tertiary/aromatic N) is 2. The van der Waals surface area contributed by atoms with E-state index < -0.39 is 0 Å². The van der Waals surface area contributed by atoms with E-state index in [9.17, 15) is 9.59 Å². The van der Waals surface area contributed by atoms with E-state index in [1.807, 2.05) is 30.3 Å². The van der Waals surface area contributed by atoms with Gasteiger partial charge in [0.1, 0.15) is 0 Å². The summed E-state index contributed by atoms with van der Waals surface area (Å²) in [4.78, 5) is 37.6. The van der Waals surface area contributed by atoms with Gasteiger partial charge in [-0.3, -0.25) is 9.59 Å². The summed E-state index contributed by atoms with van der Waals surface area (Å²) in [5, 5.41) is 7.47. The third-order valence-corrected chi connectivity index (χ3v) is 7.00. The second kappa shape index (κ2) is 11.3. The van der Waals surface area contributed by atoms with Crippen LogP contribution in [0.15, 0.2) is 99.8 Å². The summed E-state index contributed by atoms with van der Waals surface area (Å²) in [5.74, 6) is -0.290. The maximum atomic E-state index is 12.6. The summed E-state index contributed by atoms with van der Waals surface area (Å²) >= 11 is 1.60. The number of hydrogen-bond acceptors (Lipinski definition) is 6. The molecule has 0 aliphatic carbocycles. The SMILES string of the molecule is CCCc1ccc2c(Nc3cc(C)ccc3Sc3cccc(NC(=O)c4ccc(=O)[nH]c4)c3)ccnc2n1. The van der Waals surface area contributed by atoms with Crippen LogP contribution in [-0.2, 0) is 6.42 Å². The Morgan fingerprint density at radius 1 is 1.00 bits per heavy atom. The predicted octanol–water partition coefficient (Wildman–Crippen LogP) is 6.73. The normalized spacial score (nSPS) is 10.9. The van der Waals surface area contributed by atoms with Crippen LogP contribution >= 0.6 is 11.8 Å². The number of carbonyl (C=O) groups excluding carboxylic acids is 1. The highest BCUT2D eigenvalue weighted by Crippen LogP contribution is 2.37. The van der Waals surface area contributed by atoms with Crippen molar-refractivity contribution in [2.45, 2.75) is 36.5 Å². The number of amides is 1. The minimum atomic E-state index is -0.290. The maximum Gasteiger partial charge on any atom is 0.257 e. The van der Waals surface area contributed by atoms with E-state index in [0.29, 0.717) is 11.3 Å². The molecule has 8 heteroatoms. The van der Waals surface area contributed by atoms with Gasteiger partial charge in [-0.25, -0.2) is 9.97 Å². The van der Waals surface area contributed by atoms with Crippen molar-refractivity contribution < 1.29 is 4.79 Å². The van der Waals surface area contributed by atoms with Crippen molar-refractivity contribution in [3.63, 3.8) is 0 Å². The molecule has 3 N–H and O–H groups in total. The molecule has 3 heterocycles. The number of anilines is 3. The fourth-order valence-electron chi connectivity index (χ4n) is 4.07. The molecule has 3 aromatic heterocycles. The van der Waals surface area contributed by atoms with Gasteiger partial charge in [-0.15, -0.1) is 0 Å². The quantitative estimate of drug-likeness (QED) is 0.209. The van der Waals surface area contributed by atoms with Crippen LogP contribution < -0.4 is 16.2 Å². The van der Waals surface area contributed by atoms with Crippen LogP contribution in [-0.4, -0.2) is 20.9 Å². The van der Waals surface area contributed by atoms with Crippen LogP contribution in [0.3, 0.4) is 0 Å². The highest BCUT2D eigenvalue weighted by molar-refractivity contribution is 7.99. The number of H-pyrrole nitrogens is 1. The van der Waals surface area contributed by atoms with Gasteiger partial charge in [-0.05, 0) is 73.5 Å². The highest BCUT2D eigenvalue weighted by Gasteiger charge is 2.11. The number of hydrogen-bond donors (Lipinski definition) is 3. The molecule has 7 nitrogen and oxygen atoms in total. The van der Waals surface area contributed by atoms with Crippen LogP contribution in [0.4, 0.5) is 17.1 Å². The number of aromatic amines is 1. The number of fused-ring (bicyclic) bond motifs is 1. The molecule has 38 heavy (non-hydrogen) atoms. The summed E-state index contributed by atoms with van der Waals surface area (Å²) in [5.41, 5.74) is 5.64. The highest BCUT2D eigenvalue weighted by atomic mass is 32.2. The van der Waals surface area contributed by atoms with Gasteiger partial charge >= 0.3 is 0 Å². The largest absolute Gasteiger partial charge is 0.354 e. The molecule has 0 unspecified atom stereocenters. The molecule has 0 fully saturated rings. The molecule has 0 spiro atoms. The number of benzene rings is 2. The molecular weight excluding hydrogens is 494 g/mol. The Bertz CT molecular complexity index is 1660. The fourth-order valence-corrected chi connectivity index (χ4v) is 5.01. The van der Waals surface area contributed by atoms with Crippen molar-refractivity contribution >= 4 is 45.8 Å². The predicted molar refractivity (Wildman–Crippen MR) is 154 cm³/mol. The van der Waals surface area contributed by atoms with Crippen LogP contribution in [0.5, 0.6) is 0 Å². The summed E-state index contributed by atoms with van der Waals surface area (Å²) in [6, 6.07) is 22.9. The van der Waals surface area contributed by atoms with Crippen LogP contribution in [0, 0.1) is 6.92 Å². The van der Waals surface area contributed by atoms with Crippen LogP contribution in [0.2, 0.25) is 0 Å². The Morgan fingerprint density at radius 3 is 2.71 bits per heavy atom. The van der Waals surface area contributed by atoms with E-state index in [-0.39, 0.29) is 11.5 Å². The van der Waals surface area contributed by atoms with E-state index in [0.717, 1.165) is 56.3 Å². The van der Waals surface area contributed by atoms with Crippen molar-refractivity contribution in [2.75, 3.05) is 10.6 Å². The van der Waals surface area contributed by atoms with Gasteiger partial charge in [0.15, 0.2) is 5.65 Å². The van der Waals surface area contributed by atoms with Crippen molar-refractivity contribution in [2.24, 2.45) is 0 Å². The second-order valence-corrected chi connectivity index (χ2v) is 10.0. The van der Waals surface area contributed by atoms with E-state index in [2.05, 4.69) is 64.8 Å². The van der Waals surface area contributed by atoms with E-state index >= 15 is 0 Å². The first-order valence-electron chi connectivity index (χ1n) is 12.4. The molecule has 0 radical (unpaired) electrons. The molecule has 0 atom stereocenters. The molecule has 5 rings (SSSR count). The molecule has 0 saturated heterocycles. The summed E-state index contributed by atoms with van der Waals surface area (Å²) in [6.07, 6.45) is 5.16. The number of rotatable bonds is 8. The Balaban J connectivity index is 1.39. The first-order chi connectivity index (χ1) is 18.5. The molecule has 0 bridgehead atoms. The lowest BCUT2D eigenvalue weighted by atomic mass is 10.1. The topological polar surface area (TPSA) is 99.8 Å². The zero-order valence-corrected chi connectivity index (χ0v) is 21.9. The molecule has 2 aromatic carbocycles. The van der Waals surface area contributed by atoms with Gasteiger partial charge in [0.05, 0.1) is 16.9 Å². The zero-order chi connectivity index (χ0) is 26.5. The number of pyridine rings is 3. The third-order valence-electron chi connectivity index (χ3n) is 5.94. The summed E-state index contributed by atoms with van der Waals surface area (Å²) < 4.78 is 0. The van der Waals surface area contributed by atoms with E-state index in [1.54, 1.807) is 18.0 Å². The lowest BCUT2D eigenvalue weighted by molar-refractivity contribution is 0.102. The lowest BCUT2D eigenvalue weighted by Crippen LogP contribution is -2.14. The molecule has 0 aliphatic rings. The smallest absolute Gasteiger partial charge is 0.257 e. The average Bonchev–Trinajstić information content (AvgIpc) is 2.91. The van der Waals surface area contributed by atoms with E-state index in [4.69, 9.17) is 4.98 Å². The second-order valence-electron chi connectivity index (χ2n) is 8.93. The number of aryl methyl sites for hydroxylation is 2. The van der Waals surface area contributed by atoms with Crippen molar-refractivity contribution in [3.8, 4) is 0 Å². The number of carbonyl (C=O) groups is 1. The van der Waals surface area contributed by atoms with Crippen molar-refractivity contribution in [1.29, 1.82) is 0 Å². The molecule has 1 amide bonds. The van der Waals surface area contributed by atoms with Gasteiger partial charge < -0.3 is 15.6 Å². The first-order valence-corrected chi connectivity index (χ1v) is 13.2. The first kappa shape index (κ1) is 25.2. The van der Waals surface area contributed by atoms with Gasteiger partial charge in [0, 0.05) is 45.0 Å². The Kier molecular flexibility index (Phi) is 7.51. The monoisotopic (exact) mass is 521 g/mol. The van der Waals surface area contributed by atoms with Crippen LogP contribution in [0.25, 0.3) is 11.0 Å². The molecule has 0 aliphatic heterocycles. The average molecular weight is 522 g/mol. The molecule has 5 aromatic rings.